The van der Waals surface area contributed by atoms with Gasteiger partial charge in [0.1, 0.15) is 0 Å². The first kappa shape index (κ1) is 24.8. The summed E-state index contributed by atoms with van der Waals surface area (Å²) < 4.78 is 38.7. The van der Waals surface area contributed by atoms with Crippen molar-refractivity contribution in [2.24, 2.45) is 11.8 Å². The Labute approximate surface area is 205 Å². The molecule has 0 amide bonds. The molecule has 0 saturated carbocycles. The molecule has 4 atom stereocenters. The highest BCUT2D eigenvalue weighted by atomic mass is 32.2. The van der Waals surface area contributed by atoms with E-state index in [1.54, 1.807) is 30.4 Å². The number of nitrogens with zero attached hydrogens (tertiary/aromatic N) is 1. The van der Waals surface area contributed by atoms with Crippen LogP contribution in [-0.4, -0.2) is 31.4 Å². The zero-order valence-corrected chi connectivity index (χ0v) is 19.9. The molecule has 7 nitrogen and oxygen atoms in total. The molecular weight excluding hydrogens is 466 g/mol. The van der Waals surface area contributed by atoms with E-state index >= 15 is 0 Å². The summed E-state index contributed by atoms with van der Waals surface area (Å²) >= 11 is 0. The Morgan fingerprint density at radius 2 is 1.34 bits per heavy atom. The molecule has 8 heteroatoms. The summed E-state index contributed by atoms with van der Waals surface area (Å²) in [6.45, 7) is 0.719. The summed E-state index contributed by atoms with van der Waals surface area (Å²) in [5, 5.41) is 10.3. The number of nitro groups is 1. The molecule has 0 N–H and O–H groups in total. The predicted molar refractivity (Wildman–Crippen MR) is 132 cm³/mol. The zero-order chi connectivity index (χ0) is 24.7. The molecule has 0 bridgehead atoms. The van der Waals surface area contributed by atoms with Crippen LogP contribution >= 0.6 is 0 Å². The molecule has 0 aliphatic heterocycles. The third kappa shape index (κ3) is 6.03. The predicted octanol–water partition coefficient (Wildman–Crippen LogP) is 4.67. The normalized spacial score (nSPS) is 20.5. The average molecular weight is 494 g/mol. The van der Waals surface area contributed by atoms with Crippen LogP contribution < -0.4 is 0 Å². The largest absolute Gasteiger partial charge is 0.376 e. The van der Waals surface area contributed by atoms with Crippen LogP contribution in [0.1, 0.15) is 11.1 Å². The molecule has 1 aliphatic rings. The molecule has 1 unspecified atom stereocenters. The zero-order valence-electron chi connectivity index (χ0n) is 19.1. The molecule has 35 heavy (non-hydrogen) atoms. The van der Waals surface area contributed by atoms with E-state index in [0.717, 1.165) is 11.1 Å². The molecule has 1 aliphatic carbocycles. The minimum Gasteiger partial charge on any atom is -0.376 e. The molecule has 3 aromatic rings. The Morgan fingerprint density at radius 3 is 1.91 bits per heavy atom. The van der Waals surface area contributed by atoms with Gasteiger partial charge in [-0.2, -0.15) is 0 Å². The van der Waals surface area contributed by atoms with Gasteiger partial charge in [0.2, 0.25) is 9.84 Å². The van der Waals surface area contributed by atoms with E-state index in [9.17, 15) is 18.5 Å². The van der Waals surface area contributed by atoms with Gasteiger partial charge < -0.3 is 9.47 Å². The highest BCUT2D eigenvalue weighted by molar-refractivity contribution is 7.91. The molecule has 0 aromatic heterocycles. The first-order valence-electron chi connectivity index (χ1n) is 11.3. The van der Waals surface area contributed by atoms with Gasteiger partial charge in [-0.1, -0.05) is 91.0 Å². The van der Waals surface area contributed by atoms with Gasteiger partial charge in [-0.25, -0.2) is 8.42 Å². The number of hydrogen-bond donors (Lipinski definition) is 0. The second-order valence-corrected chi connectivity index (χ2v) is 10.5. The van der Waals surface area contributed by atoms with Crippen molar-refractivity contribution in [2.45, 2.75) is 29.6 Å². The van der Waals surface area contributed by atoms with Gasteiger partial charge in [0.25, 0.3) is 0 Å². The van der Waals surface area contributed by atoms with Crippen LogP contribution in [0.4, 0.5) is 0 Å². The third-order valence-electron chi connectivity index (χ3n) is 6.07. The fourth-order valence-electron chi connectivity index (χ4n) is 4.30. The second-order valence-electron chi connectivity index (χ2n) is 8.42. The van der Waals surface area contributed by atoms with Gasteiger partial charge in [-0.15, -0.1) is 0 Å². The van der Waals surface area contributed by atoms with E-state index in [2.05, 4.69) is 0 Å². The van der Waals surface area contributed by atoms with Crippen molar-refractivity contribution < 1.29 is 22.8 Å². The second kappa shape index (κ2) is 11.4. The van der Waals surface area contributed by atoms with Crippen LogP contribution in [0, 0.1) is 22.0 Å². The van der Waals surface area contributed by atoms with Gasteiger partial charge >= 0.3 is 5.37 Å². The van der Waals surface area contributed by atoms with E-state index in [1.807, 2.05) is 60.7 Å². The Bertz CT molecular complexity index is 1230. The molecule has 182 valence electrons. The summed E-state index contributed by atoms with van der Waals surface area (Å²) in [5.74, 6) is -1.46. The fraction of sp³-hybridized carbons (Fsp3) is 0.259. The lowest BCUT2D eigenvalue weighted by Gasteiger charge is -2.27. The monoisotopic (exact) mass is 493 g/mol. The van der Waals surface area contributed by atoms with Crippen LogP contribution in [0.2, 0.25) is 0 Å². The van der Waals surface area contributed by atoms with Crippen LogP contribution in [0.15, 0.2) is 108 Å². The van der Waals surface area contributed by atoms with E-state index in [1.165, 1.54) is 12.1 Å². The molecule has 0 spiro atoms. The van der Waals surface area contributed by atoms with E-state index in [-0.39, 0.29) is 11.5 Å². The maximum atomic E-state index is 13.3. The smallest absolute Gasteiger partial charge is 0.321 e. The van der Waals surface area contributed by atoms with Crippen molar-refractivity contribution in [3.63, 3.8) is 0 Å². The molecule has 0 fully saturated rings. The highest BCUT2D eigenvalue weighted by Gasteiger charge is 2.50. The Kier molecular flexibility index (Phi) is 8.07. The quantitative estimate of drug-likeness (QED) is 0.219. The van der Waals surface area contributed by atoms with Crippen LogP contribution in [-0.2, 0) is 32.5 Å². The van der Waals surface area contributed by atoms with Gasteiger partial charge in [-0.3, -0.25) is 10.1 Å². The first-order chi connectivity index (χ1) is 17.0. The van der Waals surface area contributed by atoms with Crippen molar-refractivity contribution >= 4 is 9.84 Å². The van der Waals surface area contributed by atoms with E-state index in [4.69, 9.17) is 9.47 Å². The summed E-state index contributed by atoms with van der Waals surface area (Å²) in [7, 11) is -4.25. The minimum absolute atomic E-state index is 0.0762. The topological polar surface area (TPSA) is 95.7 Å². The Hall–Kier alpha value is -3.33. The van der Waals surface area contributed by atoms with Crippen LogP contribution in [0.25, 0.3) is 0 Å². The number of benzene rings is 3. The number of sulfone groups is 1. The average Bonchev–Trinajstić information content (AvgIpc) is 3.26. The Morgan fingerprint density at radius 1 is 0.800 bits per heavy atom. The first-order valence-corrected chi connectivity index (χ1v) is 12.9. The highest BCUT2D eigenvalue weighted by Crippen LogP contribution is 2.36. The summed E-state index contributed by atoms with van der Waals surface area (Å²) in [5.41, 5.74) is 1.91. The number of rotatable bonds is 11. The van der Waals surface area contributed by atoms with Gasteiger partial charge in [-0.05, 0) is 23.3 Å². The van der Waals surface area contributed by atoms with Gasteiger partial charge in [0.15, 0.2) is 0 Å². The standard InChI is InChI=1S/C27H27NO6S/c29-28(30)27(35(31,32)23-14-8-3-9-15-23)24-16-17-26(34-19-22-12-6-2-7-13-22)25(24)20-33-18-21-10-4-1-5-11-21/h1-17,24-27H,18-20H2/t24-,25+,26+,27?/m1/s1. The van der Waals surface area contributed by atoms with E-state index in [0.29, 0.717) is 13.2 Å². The lowest BCUT2D eigenvalue weighted by molar-refractivity contribution is -0.506. The lowest BCUT2D eigenvalue weighted by Crippen LogP contribution is -2.42. The van der Waals surface area contributed by atoms with Gasteiger partial charge in [0.05, 0.1) is 36.7 Å². The Balaban J connectivity index is 1.57. The maximum Gasteiger partial charge on any atom is 0.321 e. The third-order valence-corrected chi connectivity index (χ3v) is 8.12. The molecule has 0 heterocycles. The fourth-order valence-corrected chi connectivity index (χ4v) is 6.05. The van der Waals surface area contributed by atoms with Crippen LogP contribution in [0.5, 0.6) is 0 Å². The molecule has 0 saturated heterocycles. The lowest BCUT2D eigenvalue weighted by atomic mass is 9.94. The van der Waals surface area contributed by atoms with Crippen molar-refractivity contribution in [1.29, 1.82) is 0 Å². The molecule has 4 rings (SSSR count). The summed E-state index contributed by atoms with van der Waals surface area (Å²) in [4.78, 5) is 11.4. The van der Waals surface area contributed by atoms with Crippen LogP contribution in [0.3, 0.4) is 0 Å². The van der Waals surface area contributed by atoms with Crippen molar-refractivity contribution in [1.82, 2.24) is 0 Å². The number of ether oxygens (including phenoxy) is 2. The van der Waals surface area contributed by atoms with Crippen molar-refractivity contribution in [2.75, 3.05) is 6.61 Å². The van der Waals surface area contributed by atoms with Gasteiger partial charge in [0, 0.05) is 10.8 Å². The van der Waals surface area contributed by atoms with E-state index < -0.39 is 38.1 Å². The van der Waals surface area contributed by atoms with Crippen molar-refractivity contribution in [3.8, 4) is 0 Å². The maximum absolute atomic E-state index is 13.3. The SMILES string of the molecule is O=[N+]([O-])C([C@@H]1C=C[C@H](OCc2ccccc2)[C@H]1COCc1ccccc1)S(=O)(=O)c1ccccc1. The summed E-state index contributed by atoms with van der Waals surface area (Å²) in [6.07, 6.45) is 2.80. The summed E-state index contributed by atoms with van der Waals surface area (Å²) in [6, 6.07) is 26.7. The molecule has 0 radical (unpaired) electrons. The molecular formula is C27H27NO6S. The number of hydrogen-bond acceptors (Lipinski definition) is 6. The minimum atomic E-state index is -4.25. The van der Waals surface area contributed by atoms with Crippen molar-refractivity contribution in [3.05, 3.63) is 124 Å². The molecule has 3 aromatic carbocycles.